The molecule has 79 heavy (non-hydrogen) atoms. The zero-order valence-corrected chi connectivity index (χ0v) is 46.2. The zero-order chi connectivity index (χ0) is 55.2. The van der Waals surface area contributed by atoms with E-state index >= 15 is 4.39 Å². The number of benzene rings is 3. The van der Waals surface area contributed by atoms with Crippen LogP contribution in [0.4, 0.5) is 21.5 Å². The predicted octanol–water partition coefficient (Wildman–Crippen LogP) is 10.5. The monoisotopic (exact) mass is 1100 g/mol. The number of anilines is 2. The largest absolute Gasteiger partial charge is 0.497 e. The van der Waals surface area contributed by atoms with Gasteiger partial charge in [-0.25, -0.2) is 14.1 Å². The van der Waals surface area contributed by atoms with Crippen LogP contribution in [0.25, 0.3) is 16.7 Å². The van der Waals surface area contributed by atoms with Crippen molar-refractivity contribution in [3.8, 4) is 23.1 Å². The van der Waals surface area contributed by atoms with Gasteiger partial charge in [0, 0.05) is 100 Å². The van der Waals surface area contributed by atoms with Crippen molar-refractivity contribution in [2.75, 3.05) is 63.7 Å². The number of hydrogen-bond acceptors (Lipinski definition) is 15. The predicted molar refractivity (Wildman–Crippen MR) is 301 cm³/mol. The van der Waals surface area contributed by atoms with Crippen LogP contribution in [0.3, 0.4) is 0 Å². The molecule has 1 spiro atoms. The van der Waals surface area contributed by atoms with Crippen LogP contribution in [0.2, 0.25) is 0 Å². The van der Waals surface area contributed by atoms with Gasteiger partial charge in [0.25, 0.3) is 21.8 Å². The number of aromatic nitrogens is 4. The van der Waals surface area contributed by atoms with Crippen molar-refractivity contribution in [1.29, 1.82) is 0 Å². The first-order valence-corrected chi connectivity index (χ1v) is 28.9. The molecule has 4 N–H and O–H groups in total. The fraction of sp³-hybridized carbons (Fsp3) is 0.441. The molecule has 4 fully saturated rings. The molecule has 6 heterocycles. The average Bonchev–Trinajstić information content (AvgIpc) is 4.11. The number of methoxy groups -OCH3 is 2. The van der Waals surface area contributed by atoms with Crippen LogP contribution in [0, 0.1) is 22.1 Å². The van der Waals surface area contributed by atoms with Gasteiger partial charge in [-0.15, -0.1) is 4.91 Å². The number of pyridine rings is 2. The van der Waals surface area contributed by atoms with Gasteiger partial charge in [0.1, 0.15) is 34.3 Å². The number of fused-ring (bicyclic) bond motifs is 2. The quantitative estimate of drug-likeness (QED) is 0.0626. The van der Waals surface area contributed by atoms with Gasteiger partial charge in [-0.2, -0.15) is 13.4 Å². The van der Waals surface area contributed by atoms with Gasteiger partial charge in [-0.1, -0.05) is 50.2 Å². The number of rotatable bonds is 17. The second kappa shape index (κ2) is 21.8. The second-order valence-corrected chi connectivity index (χ2v) is 24.3. The molecule has 416 valence electrons. The van der Waals surface area contributed by atoms with E-state index in [-0.39, 0.29) is 68.4 Å². The van der Waals surface area contributed by atoms with Gasteiger partial charge in [-0.3, -0.25) is 19.0 Å². The van der Waals surface area contributed by atoms with Crippen molar-refractivity contribution >= 4 is 49.7 Å². The molecule has 11 rings (SSSR count). The fourth-order valence-electron chi connectivity index (χ4n) is 12.6. The first-order chi connectivity index (χ1) is 38.0. The summed E-state index contributed by atoms with van der Waals surface area (Å²) in [5, 5.41) is 16.6. The van der Waals surface area contributed by atoms with Crippen molar-refractivity contribution in [3.63, 3.8) is 0 Å². The second-order valence-electron chi connectivity index (χ2n) is 22.7. The van der Waals surface area contributed by atoms with Gasteiger partial charge in [0.05, 0.1) is 30.8 Å². The summed E-state index contributed by atoms with van der Waals surface area (Å²) >= 11 is 0. The van der Waals surface area contributed by atoms with E-state index in [0.29, 0.717) is 31.3 Å². The molecular weight excluding hydrogens is 1030 g/mol. The molecule has 2 aliphatic carbocycles. The van der Waals surface area contributed by atoms with Gasteiger partial charge < -0.3 is 34.5 Å². The lowest BCUT2D eigenvalue weighted by Gasteiger charge is -2.58. The first kappa shape index (κ1) is 53.9. The van der Waals surface area contributed by atoms with Crippen molar-refractivity contribution < 1.29 is 36.9 Å². The summed E-state index contributed by atoms with van der Waals surface area (Å²) in [4.78, 5) is 46.0. The number of H-pyrrole nitrogens is 1. The normalized spacial score (nSPS) is 21.1. The molecular formula is C59H69FN10O8S. The molecule has 2 saturated heterocycles. The van der Waals surface area contributed by atoms with Crippen molar-refractivity contribution in [3.05, 3.63) is 130 Å². The van der Waals surface area contributed by atoms with Gasteiger partial charge >= 0.3 is 0 Å². The Morgan fingerprint density at radius 2 is 1.71 bits per heavy atom. The van der Waals surface area contributed by atoms with E-state index in [0.717, 1.165) is 95.3 Å². The third kappa shape index (κ3) is 11.0. The molecule has 2 saturated carbocycles. The minimum atomic E-state index is -4.73. The van der Waals surface area contributed by atoms with Crippen LogP contribution in [-0.2, 0) is 16.6 Å². The highest BCUT2D eigenvalue weighted by Gasteiger charge is 2.50. The number of nitrogens with one attached hydrogen (secondary N) is 3. The molecule has 3 aromatic carbocycles. The number of amides is 1. The Morgan fingerprint density at radius 1 is 0.949 bits per heavy atom. The number of imidazole rings is 1. The maximum atomic E-state index is 15.0. The Balaban J connectivity index is 0.821. The van der Waals surface area contributed by atoms with E-state index in [2.05, 4.69) is 95.1 Å². The maximum absolute atomic E-state index is 15.0. The van der Waals surface area contributed by atoms with Crippen LogP contribution < -0.4 is 29.1 Å². The lowest BCUT2D eigenvalue weighted by molar-refractivity contribution is -0.0628. The number of piperidine rings is 1. The van der Waals surface area contributed by atoms with Crippen LogP contribution >= 0.6 is 0 Å². The number of piperazine rings is 1. The minimum Gasteiger partial charge on any atom is -0.497 e. The highest BCUT2D eigenvalue weighted by molar-refractivity contribution is 7.90. The summed E-state index contributed by atoms with van der Waals surface area (Å²) < 4.78 is 64.7. The number of carbonyl (C=O) groups excluding carboxylic acids is 1. The summed E-state index contributed by atoms with van der Waals surface area (Å²) in [7, 11) is -1.64. The lowest BCUT2D eigenvalue weighted by atomic mass is 9.59. The van der Waals surface area contributed by atoms with E-state index in [4.69, 9.17) is 14.2 Å². The summed E-state index contributed by atoms with van der Waals surface area (Å²) in [6, 6.07) is 25.6. The number of halogens is 1. The Hall–Kier alpha value is -7.13. The van der Waals surface area contributed by atoms with E-state index < -0.39 is 32.4 Å². The molecule has 0 unspecified atom stereocenters. The third-order valence-corrected chi connectivity index (χ3v) is 18.5. The van der Waals surface area contributed by atoms with E-state index in [1.807, 2.05) is 19.1 Å². The topological polar surface area (TPSA) is 208 Å². The summed E-state index contributed by atoms with van der Waals surface area (Å²) in [5.74, 6) is -0.160. The zero-order valence-electron chi connectivity index (χ0n) is 45.4. The minimum absolute atomic E-state index is 0.0000637. The van der Waals surface area contributed by atoms with E-state index in [1.54, 1.807) is 19.2 Å². The highest BCUT2D eigenvalue weighted by Crippen LogP contribution is 2.54. The third-order valence-electron chi connectivity index (χ3n) is 17.2. The number of aliphatic hydroxyl groups is 1. The van der Waals surface area contributed by atoms with Crippen LogP contribution in [0.15, 0.2) is 108 Å². The number of nitrogens with zero attached hydrogens (tertiary/aromatic N) is 7. The molecule has 2 aliphatic heterocycles. The molecule has 4 aromatic heterocycles. The van der Waals surface area contributed by atoms with E-state index in [9.17, 15) is 23.2 Å². The molecule has 0 bridgehead atoms. The summed E-state index contributed by atoms with van der Waals surface area (Å²) in [6.45, 7) is 12.1. The molecule has 1 atom stereocenters. The van der Waals surface area contributed by atoms with Crippen LogP contribution in [0.5, 0.6) is 23.1 Å². The van der Waals surface area contributed by atoms with Crippen molar-refractivity contribution in [2.24, 2.45) is 16.5 Å². The van der Waals surface area contributed by atoms with Gasteiger partial charge in [0.2, 0.25) is 0 Å². The summed E-state index contributed by atoms with van der Waals surface area (Å²) in [6.07, 6.45) is 10.9. The molecule has 1 amide bonds. The molecule has 4 aliphatic rings. The number of nitroso groups, excluding NO2 is 1. The number of aromatic amines is 1. The molecule has 7 aromatic rings. The number of carbonyl (C=O) groups is 1. The molecule has 20 heteroatoms. The Labute approximate surface area is 459 Å². The first-order valence-electron chi connectivity index (χ1n) is 27.4. The SMILES string of the molecule is COc1ccc(CN2CCN(C3CC4(CCN(c5ccc(C(=O)NS(=O)(=O)c6cc(N=O)c(NC[C@H]7CC[C@](C)(O)CC7)c7nccn67)c(Oc6cc7c(F)c[nH]c7nc6OC)c5)CC4)C3)[C@H](c3ccccc3C(C)C)C2)cc1. The maximum Gasteiger partial charge on any atom is 0.280 e. The van der Waals surface area contributed by atoms with Gasteiger partial charge in [0.15, 0.2) is 16.4 Å². The summed E-state index contributed by atoms with van der Waals surface area (Å²) in [5.41, 5.74) is 4.55. The number of sulfonamides is 1. The van der Waals surface area contributed by atoms with Crippen LogP contribution in [-0.4, -0.2) is 114 Å². The Kier molecular flexibility index (Phi) is 14.9. The highest BCUT2D eigenvalue weighted by atomic mass is 32.2. The Bertz CT molecular complexity index is 3490. The molecule has 18 nitrogen and oxygen atoms in total. The average molecular weight is 1100 g/mol. The lowest BCUT2D eigenvalue weighted by Crippen LogP contribution is -2.60. The molecule has 0 radical (unpaired) electrons. The van der Waals surface area contributed by atoms with Crippen molar-refractivity contribution in [1.82, 2.24) is 33.9 Å². The van der Waals surface area contributed by atoms with Gasteiger partial charge in [-0.05, 0) is 122 Å². The van der Waals surface area contributed by atoms with E-state index in [1.165, 1.54) is 58.9 Å². The standard InChI is InChI=1S/C59H69FN10O8S/c1-37(2)43-8-6-7-9-44(43)49-36-67(35-39-10-13-42(76-4)14-11-39)26-27-69(49)41-31-59(32-41)20-23-68(24-21-59)40-12-15-45(50(28-40)78-51-29-46-47(60)34-63-54(46)64-57(51)77-5)56(71)66-79(74,75)52-30-48(65-73)53(55-61-22-25-70(52)55)62-33-38-16-18-58(3,72)19-17-38/h6-15,22,25,28-30,34,37-38,41,49,62,72H,16-21,23-24,26-27,31-33,35-36H2,1-5H3,(H,63,64)(H,66,71)/t38-,49-,58-/m0/s1. The van der Waals surface area contributed by atoms with Crippen molar-refractivity contribution in [2.45, 2.75) is 107 Å². The number of ether oxygens (including phenoxy) is 3. The van der Waals surface area contributed by atoms with Crippen LogP contribution in [0.1, 0.15) is 111 Å². The number of hydrogen-bond donors (Lipinski definition) is 4. The Morgan fingerprint density at radius 3 is 2.43 bits per heavy atom. The smallest absolute Gasteiger partial charge is 0.280 e. The fourth-order valence-corrected chi connectivity index (χ4v) is 13.8.